The predicted octanol–water partition coefficient (Wildman–Crippen LogP) is 0.644. The van der Waals surface area contributed by atoms with Gasteiger partial charge < -0.3 is 11.1 Å². The SMILES string of the molecule is N=C(N)Nc1ccc(C[C]=O)cc1. The summed E-state index contributed by atoms with van der Waals surface area (Å²) in [6.45, 7) is 0. The van der Waals surface area contributed by atoms with Gasteiger partial charge in [0, 0.05) is 12.1 Å². The van der Waals surface area contributed by atoms with E-state index < -0.39 is 0 Å². The van der Waals surface area contributed by atoms with E-state index in [1.165, 1.54) is 0 Å². The molecule has 1 aromatic carbocycles. The van der Waals surface area contributed by atoms with Crippen LogP contribution in [0.5, 0.6) is 0 Å². The van der Waals surface area contributed by atoms with Crippen molar-refractivity contribution in [1.29, 1.82) is 5.41 Å². The molecule has 0 atom stereocenters. The monoisotopic (exact) mass is 176 g/mol. The fourth-order valence-electron chi connectivity index (χ4n) is 0.945. The minimum Gasteiger partial charge on any atom is -0.370 e. The molecule has 4 N–H and O–H groups in total. The van der Waals surface area contributed by atoms with Crippen LogP contribution in [0.15, 0.2) is 24.3 Å². The van der Waals surface area contributed by atoms with Crippen LogP contribution in [-0.2, 0) is 11.2 Å². The largest absolute Gasteiger partial charge is 0.370 e. The number of nitrogens with two attached hydrogens (primary N) is 1. The first-order chi connectivity index (χ1) is 6.22. The summed E-state index contributed by atoms with van der Waals surface area (Å²) in [6, 6.07) is 7.09. The fourth-order valence-corrected chi connectivity index (χ4v) is 0.945. The molecule has 0 amide bonds. The van der Waals surface area contributed by atoms with Crippen LogP contribution >= 0.6 is 0 Å². The Kier molecular flexibility index (Phi) is 3.03. The van der Waals surface area contributed by atoms with E-state index in [0.717, 1.165) is 11.3 Å². The number of hydrogen-bond donors (Lipinski definition) is 3. The Hall–Kier alpha value is -1.84. The van der Waals surface area contributed by atoms with E-state index in [-0.39, 0.29) is 5.96 Å². The molecule has 1 radical (unpaired) electrons. The van der Waals surface area contributed by atoms with Crippen molar-refractivity contribution < 1.29 is 4.79 Å². The van der Waals surface area contributed by atoms with Crippen LogP contribution in [0.3, 0.4) is 0 Å². The van der Waals surface area contributed by atoms with Gasteiger partial charge in [-0.25, -0.2) is 0 Å². The summed E-state index contributed by atoms with van der Waals surface area (Å²) in [5, 5.41) is 9.61. The first kappa shape index (κ1) is 9.25. The molecule has 0 aromatic heterocycles. The molecule has 0 aliphatic heterocycles. The number of nitrogens with one attached hydrogen (secondary N) is 2. The highest BCUT2D eigenvalue weighted by Gasteiger charge is 1.94. The van der Waals surface area contributed by atoms with E-state index in [4.69, 9.17) is 11.1 Å². The average Bonchev–Trinajstić information content (AvgIpc) is 2.08. The van der Waals surface area contributed by atoms with Gasteiger partial charge in [-0.05, 0) is 17.7 Å². The smallest absolute Gasteiger partial charge is 0.203 e. The Morgan fingerprint density at radius 1 is 1.46 bits per heavy atom. The zero-order valence-corrected chi connectivity index (χ0v) is 7.00. The molecule has 0 unspecified atom stereocenters. The van der Waals surface area contributed by atoms with E-state index in [9.17, 15) is 4.79 Å². The highest BCUT2D eigenvalue weighted by molar-refractivity contribution is 5.89. The quantitative estimate of drug-likeness (QED) is 0.467. The van der Waals surface area contributed by atoms with Crippen LogP contribution in [0.4, 0.5) is 5.69 Å². The van der Waals surface area contributed by atoms with Crippen molar-refractivity contribution in [2.45, 2.75) is 6.42 Å². The Labute approximate surface area is 76.3 Å². The maximum absolute atomic E-state index is 10.0. The second kappa shape index (κ2) is 4.25. The van der Waals surface area contributed by atoms with Crippen molar-refractivity contribution >= 4 is 17.9 Å². The molecule has 0 saturated heterocycles. The van der Waals surface area contributed by atoms with Gasteiger partial charge in [0.15, 0.2) is 5.96 Å². The van der Waals surface area contributed by atoms with Crippen LogP contribution in [0.2, 0.25) is 0 Å². The predicted molar refractivity (Wildman–Crippen MR) is 51.4 cm³/mol. The summed E-state index contributed by atoms with van der Waals surface area (Å²) < 4.78 is 0. The first-order valence-electron chi connectivity index (χ1n) is 3.77. The molecular formula is C9H10N3O. The molecule has 13 heavy (non-hydrogen) atoms. The van der Waals surface area contributed by atoms with E-state index in [1.54, 1.807) is 30.6 Å². The molecule has 0 bridgehead atoms. The lowest BCUT2D eigenvalue weighted by atomic mass is 10.1. The molecule has 4 nitrogen and oxygen atoms in total. The summed E-state index contributed by atoms with van der Waals surface area (Å²) >= 11 is 0. The average molecular weight is 176 g/mol. The molecule has 0 spiro atoms. The minimum atomic E-state index is -0.102. The Balaban J connectivity index is 2.69. The van der Waals surface area contributed by atoms with E-state index in [1.807, 2.05) is 0 Å². The zero-order chi connectivity index (χ0) is 9.68. The standard InChI is InChI=1S/C9H10N3O/c10-9(11)12-8-3-1-7(2-4-8)5-6-13/h1-4H,5H2,(H4,10,11,12). The summed E-state index contributed by atoms with van der Waals surface area (Å²) in [6.07, 6.45) is 2.10. The van der Waals surface area contributed by atoms with Crippen molar-refractivity contribution in [3.63, 3.8) is 0 Å². The Bertz CT molecular complexity index is 305. The summed E-state index contributed by atoms with van der Waals surface area (Å²) in [7, 11) is 0. The molecule has 4 heteroatoms. The van der Waals surface area contributed by atoms with E-state index >= 15 is 0 Å². The van der Waals surface area contributed by atoms with Gasteiger partial charge in [-0.1, -0.05) is 12.1 Å². The number of benzene rings is 1. The zero-order valence-electron chi connectivity index (χ0n) is 7.00. The lowest BCUT2D eigenvalue weighted by molar-refractivity contribution is 0.555. The number of guanidine groups is 1. The Morgan fingerprint density at radius 3 is 2.54 bits per heavy atom. The van der Waals surface area contributed by atoms with E-state index in [2.05, 4.69) is 5.32 Å². The maximum atomic E-state index is 10.0. The molecule has 1 rings (SSSR count). The topological polar surface area (TPSA) is 79.0 Å². The van der Waals surface area contributed by atoms with Gasteiger partial charge in [0.05, 0.1) is 0 Å². The van der Waals surface area contributed by atoms with Gasteiger partial charge in [-0.15, -0.1) is 0 Å². The van der Waals surface area contributed by atoms with Gasteiger partial charge in [-0.3, -0.25) is 10.2 Å². The number of anilines is 1. The third-order valence-corrected chi connectivity index (χ3v) is 1.51. The first-order valence-corrected chi connectivity index (χ1v) is 3.77. The van der Waals surface area contributed by atoms with Gasteiger partial charge >= 0.3 is 0 Å². The molecule has 67 valence electrons. The van der Waals surface area contributed by atoms with Crippen molar-refractivity contribution in [2.24, 2.45) is 5.73 Å². The highest BCUT2D eigenvalue weighted by Crippen LogP contribution is 2.08. The summed E-state index contributed by atoms with van der Waals surface area (Å²) in [5.74, 6) is -0.102. The highest BCUT2D eigenvalue weighted by atomic mass is 16.1. The van der Waals surface area contributed by atoms with Gasteiger partial charge in [0.1, 0.15) is 0 Å². The lowest BCUT2D eigenvalue weighted by Gasteiger charge is -2.03. The number of hydrogen-bond acceptors (Lipinski definition) is 2. The normalized spacial score (nSPS) is 9.23. The van der Waals surface area contributed by atoms with Gasteiger partial charge in [0.2, 0.25) is 6.29 Å². The molecule has 1 aromatic rings. The van der Waals surface area contributed by atoms with Crippen molar-refractivity contribution in [3.8, 4) is 0 Å². The lowest BCUT2D eigenvalue weighted by Crippen LogP contribution is -2.20. The summed E-state index contributed by atoms with van der Waals surface area (Å²) in [5.41, 5.74) is 6.76. The summed E-state index contributed by atoms with van der Waals surface area (Å²) in [4.78, 5) is 10.0. The van der Waals surface area contributed by atoms with Crippen LogP contribution < -0.4 is 11.1 Å². The van der Waals surface area contributed by atoms with Crippen LogP contribution in [0.25, 0.3) is 0 Å². The minimum absolute atomic E-state index is 0.102. The van der Waals surface area contributed by atoms with Crippen molar-refractivity contribution in [1.82, 2.24) is 0 Å². The molecule has 0 heterocycles. The molecule has 0 saturated carbocycles. The van der Waals surface area contributed by atoms with Crippen LogP contribution in [0.1, 0.15) is 5.56 Å². The second-order valence-corrected chi connectivity index (χ2v) is 2.56. The van der Waals surface area contributed by atoms with E-state index in [0.29, 0.717) is 6.42 Å². The van der Waals surface area contributed by atoms with Gasteiger partial charge in [-0.2, -0.15) is 0 Å². The van der Waals surface area contributed by atoms with Crippen LogP contribution in [-0.4, -0.2) is 12.2 Å². The molecule has 0 fully saturated rings. The Morgan fingerprint density at radius 2 is 2.08 bits per heavy atom. The number of rotatable bonds is 3. The van der Waals surface area contributed by atoms with Crippen LogP contribution in [0, 0.1) is 5.41 Å². The maximum Gasteiger partial charge on any atom is 0.203 e. The molecule has 0 aliphatic rings. The van der Waals surface area contributed by atoms with Crippen molar-refractivity contribution in [3.05, 3.63) is 29.8 Å². The number of carbonyl (C=O) groups excluding carboxylic acids is 1. The fraction of sp³-hybridized carbons (Fsp3) is 0.111. The van der Waals surface area contributed by atoms with Gasteiger partial charge in [0.25, 0.3) is 0 Å². The molecular weight excluding hydrogens is 166 g/mol. The second-order valence-electron chi connectivity index (χ2n) is 2.56. The third-order valence-electron chi connectivity index (χ3n) is 1.51. The molecule has 0 aliphatic carbocycles. The van der Waals surface area contributed by atoms with Crippen molar-refractivity contribution in [2.75, 3.05) is 5.32 Å². The third kappa shape index (κ3) is 2.94.